The fourth-order valence-corrected chi connectivity index (χ4v) is 2.79. The second kappa shape index (κ2) is 7.52. The summed E-state index contributed by atoms with van der Waals surface area (Å²) in [4.78, 5) is 21.0. The number of rotatable bonds is 5. The molecule has 6 nitrogen and oxygen atoms in total. The van der Waals surface area contributed by atoms with Crippen LogP contribution in [0.15, 0.2) is 71.4 Å². The highest BCUT2D eigenvalue weighted by molar-refractivity contribution is 6.04. The Balaban J connectivity index is 1.52. The summed E-state index contributed by atoms with van der Waals surface area (Å²) in [5, 5.41) is 2.90. The molecule has 28 heavy (non-hydrogen) atoms. The van der Waals surface area contributed by atoms with E-state index in [4.69, 9.17) is 9.15 Å². The lowest BCUT2D eigenvalue weighted by molar-refractivity contribution is 0.102. The van der Waals surface area contributed by atoms with Gasteiger partial charge in [0, 0.05) is 29.1 Å². The largest absolute Gasteiger partial charge is 0.491 e. The Kier molecular flexibility index (Phi) is 4.76. The van der Waals surface area contributed by atoms with Gasteiger partial charge in [-0.15, -0.1) is 0 Å². The van der Waals surface area contributed by atoms with E-state index >= 15 is 0 Å². The van der Waals surface area contributed by atoms with Crippen LogP contribution in [0.5, 0.6) is 5.75 Å². The van der Waals surface area contributed by atoms with Crippen molar-refractivity contribution in [3.05, 3.63) is 72.6 Å². The molecule has 1 amide bonds. The molecule has 140 valence electrons. The number of fused-ring (bicyclic) bond motifs is 1. The van der Waals surface area contributed by atoms with E-state index < -0.39 is 0 Å². The number of carbonyl (C=O) groups is 1. The summed E-state index contributed by atoms with van der Waals surface area (Å²) in [6.45, 7) is 3.92. The topological polar surface area (TPSA) is 77.2 Å². The highest BCUT2D eigenvalue weighted by atomic mass is 16.5. The molecule has 0 atom stereocenters. The van der Waals surface area contributed by atoms with Crippen molar-refractivity contribution >= 4 is 22.7 Å². The second-order valence-electron chi connectivity index (χ2n) is 6.59. The lowest BCUT2D eigenvalue weighted by Gasteiger charge is -2.10. The normalized spacial score (nSPS) is 11.0. The van der Waals surface area contributed by atoms with Crippen LogP contribution in [0, 0.1) is 0 Å². The van der Waals surface area contributed by atoms with Crippen molar-refractivity contribution in [2.24, 2.45) is 0 Å². The third-order valence-electron chi connectivity index (χ3n) is 4.05. The molecule has 0 aliphatic rings. The second-order valence-corrected chi connectivity index (χ2v) is 6.59. The number of ether oxygens (including phenoxy) is 1. The number of oxazole rings is 1. The first-order valence-electron chi connectivity index (χ1n) is 8.97. The molecule has 0 saturated carbocycles. The van der Waals surface area contributed by atoms with Crippen LogP contribution in [0.25, 0.3) is 22.6 Å². The van der Waals surface area contributed by atoms with Gasteiger partial charge in [0.15, 0.2) is 5.58 Å². The van der Waals surface area contributed by atoms with Crippen LogP contribution in [0.2, 0.25) is 0 Å². The number of hydrogen-bond donors (Lipinski definition) is 1. The number of anilines is 1. The van der Waals surface area contributed by atoms with Crippen LogP contribution in [0.3, 0.4) is 0 Å². The minimum atomic E-state index is -0.199. The molecule has 4 aromatic rings. The Morgan fingerprint density at radius 2 is 1.93 bits per heavy atom. The van der Waals surface area contributed by atoms with Crippen molar-refractivity contribution in [2.45, 2.75) is 20.0 Å². The molecule has 0 spiro atoms. The summed E-state index contributed by atoms with van der Waals surface area (Å²) in [6, 6.07) is 16.2. The lowest BCUT2D eigenvalue weighted by Crippen LogP contribution is -2.12. The van der Waals surface area contributed by atoms with E-state index in [1.807, 2.05) is 38.1 Å². The molecule has 2 aromatic heterocycles. The first-order chi connectivity index (χ1) is 13.6. The summed E-state index contributed by atoms with van der Waals surface area (Å²) in [5.74, 6) is 1.02. The molecule has 0 bridgehead atoms. The van der Waals surface area contributed by atoms with Gasteiger partial charge in [0.1, 0.15) is 11.3 Å². The SMILES string of the molecule is CC(C)Oc1ccc(C(=O)Nc2cccc(-c3nc4cnccc4o3)c2)cc1. The molecular weight excluding hydrogens is 354 g/mol. The third-order valence-corrected chi connectivity index (χ3v) is 4.05. The van der Waals surface area contributed by atoms with Crippen LogP contribution < -0.4 is 10.1 Å². The van der Waals surface area contributed by atoms with Crippen LogP contribution in [-0.4, -0.2) is 22.0 Å². The van der Waals surface area contributed by atoms with Crippen molar-refractivity contribution < 1.29 is 13.9 Å². The minimum absolute atomic E-state index is 0.0880. The summed E-state index contributed by atoms with van der Waals surface area (Å²) in [7, 11) is 0. The predicted molar refractivity (Wildman–Crippen MR) is 107 cm³/mol. The van der Waals surface area contributed by atoms with Gasteiger partial charge in [0.05, 0.1) is 12.3 Å². The van der Waals surface area contributed by atoms with Crippen molar-refractivity contribution in [1.82, 2.24) is 9.97 Å². The number of pyridine rings is 1. The monoisotopic (exact) mass is 373 g/mol. The van der Waals surface area contributed by atoms with Gasteiger partial charge < -0.3 is 14.5 Å². The highest BCUT2D eigenvalue weighted by Gasteiger charge is 2.11. The average molecular weight is 373 g/mol. The van der Waals surface area contributed by atoms with E-state index in [0.29, 0.717) is 28.2 Å². The first-order valence-corrected chi connectivity index (χ1v) is 8.97. The predicted octanol–water partition coefficient (Wildman–Crippen LogP) is 4.93. The number of nitrogens with zero attached hydrogens (tertiary/aromatic N) is 2. The van der Waals surface area contributed by atoms with Crippen molar-refractivity contribution in [2.75, 3.05) is 5.32 Å². The fraction of sp³-hybridized carbons (Fsp3) is 0.136. The van der Waals surface area contributed by atoms with Crippen LogP contribution >= 0.6 is 0 Å². The molecule has 4 rings (SSSR count). The van der Waals surface area contributed by atoms with Gasteiger partial charge in [0.2, 0.25) is 5.89 Å². The van der Waals surface area contributed by atoms with E-state index in [1.54, 1.807) is 42.7 Å². The van der Waals surface area contributed by atoms with Gasteiger partial charge in [-0.05, 0) is 56.3 Å². The molecule has 0 fully saturated rings. The Hall–Kier alpha value is -3.67. The molecule has 1 N–H and O–H groups in total. The van der Waals surface area contributed by atoms with E-state index in [-0.39, 0.29) is 12.0 Å². The number of benzene rings is 2. The standard InChI is InChI=1S/C22H19N3O3/c1-14(2)27-18-8-6-15(7-9-18)21(26)24-17-5-3-4-16(12-17)22-25-19-13-23-11-10-20(19)28-22/h3-14H,1-2H3,(H,24,26). The third kappa shape index (κ3) is 3.86. The molecule has 0 unspecified atom stereocenters. The van der Waals surface area contributed by atoms with Gasteiger partial charge in [0.25, 0.3) is 5.91 Å². The van der Waals surface area contributed by atoms with Crippen LogP contribution in [-0.2, 0) is 0 Å². The van der Waals surface area contributed by atoms with Gasteiger partial charge in [-0.1, -0.05) is 6.07 Å². The highest BCUT2D eigenvalue weighted by Crippen LogP contribution is 2.26. The summed E-state index contributed by atoms with van der Waals surface area (Å²) >= 11 is 0. The van der Waals surface area contributed by atoms with E-state index in [9.17, 15) is 4.79 Å². The minimum Gasteiger partial charge on any atom is -0.491 e. The van der Waals surface area contributed by atoms with Gasteiger partial charge in [-0.2, -0.15) is 0 Å². The Morgan fingerprint density at radius 3 is 2.68 bits per heavy atom. The maximum atomic E-state index is 12.5. The molecule has 2 heterocycles. The van der Waals surface area contributed by atoms with Crippen LogP contribution in [0.1, 0.15) is 24.2 Å². The number of hydrogen-bond acceptors (Lipinski definition) is 5. The molecule has 0 saturated heterocycles. The Morgan fingerprint density at radius 1 is 1.11 bits per heavy atom. The van der Waals surface area contributed by atoms with Crippen molar-refractivity contribution in [1.29, 1.82) is 0 Å². The number of aromatic nitrogens is 2. The zero-order chi connectivity index (χ0) is 19.5. The zero-order valence-electron chi connectivity index (χ0n) is 15.5. The van der Waals surface area contributed by atoms with E-state index in [1.165, 1.54) is 0 Å². The summed E-state index contributed by atoms with van der Waals surface area (Å²) < 4.78 is 11.4. The summed E-state index contributed by atoms with van der Waals surface area (Å²) in [6.07, 6.45) is 3.40. The zero-order valence-corrected chi connectivity index (χ0v) is 15.5. The number of nitrogens with one attached hydrogen (secondary N) is 1. The molecule has 2 aromatic carbocycles. The maximum Gasteiger partial charge on any atom is 0.255 e. The molecular formula is C22H19N3O3. The van der Waals surface area contributed by atoms with E-state index in [2.05, 4.69) is 15.3 Å². The average Bonchev–Trinajstić information content (AvgIpc) is 3.12. The Bertz CT molecular complexity index is 1080. The quantitative estimate of drug-likeness (QED) is 0.537. The Labute approximate surface area is 162 Å². The fourth-order valence-electron chi connectivity index (χ4n) is 2.79. The molecule has 0 aliphatic carbocycles. The maximum absolute atomic E-state index is 12.5. The van der Waals surface area contributed by atoms with Crippen LogP contribution in [0.4, 0.5) is 5.69 Å². The molecule has 0 aliphatic heterocycles. The van der Waals surface area contributed by atoms with Gasteiger partial charge in [-0.3, -0.25) is 9.78 Å². The van der Waals surface area contributed by atoms with E-state index in [0.717, 1.165) is 11.3 Å². The molecule has 0 radical (unpaired) electrons. The lowest BCUT2D eigenvalue weighted by atomic mass is 10.1. The van der Waals surface area contributed by atoms with Crippen molar-refractivity contribution in [3.63, 3.8) is 0 Å². The number of amides is 1. The van der Waals surface area contributed by atoms with Gasteiger partial charge in [-0.25, -0.2) is 4.98 Å². The molecule has 6 heteroatoms. The smallest absolute Gasteiger partial charge is 0.255 e. The first kappa shape index (κ1) is 17.7. The summed E-state index contributed by atoms with van der Waals surface area (Å²) in [5.41, 5.74) is 3.34. The number of carbonyl (C=O) groups excluding carboxylic acids is 1. The van der Waals surface area contributed by atoms with Gasteiger partial charge >= 0.3 is 0 Å². The van der Waals surface area contributed by atoms with Crippen molar-refractivity contribution in [3.8, 4) is 17.2 Å².